The van der Waals surface area contributed by atoms with Gasteiger partial charge in [0.2, 0.25) is 6.10 Å². The largest absolute Gasteiger partial charge is 0.479 e. The van der Waals surface area contributed by atoms with Crippen molar-refractivity contribution in [1.82, 2.24) is 0 Å². The highest BCUT2D eigenvalue weighted by atomic mass is 16.6. The molecular weight excluding hydrogens is 404 g/mol. The van der Waals surface area contributed by atoms with Crippen molar-refractivity contribution in [1.29, 1.82) is 0 Å². The van der Waals surface area contributed by atoms with E-state index in [1.54, 1.807) is 25.1 Å². The van der Waals surface area contributed by atoms with Gasteiger partial charge in [-0.15, -0.1) is 0 Å². The van der Waals surface area contributed by atoms with Gasteiger partial charge < -0.3 is 15.2 Å². The fraction of sp³-hybridized carbons (Fsp3) is 0.154. The number of fused-ring (bicyclic) bond motifs is 2. The maximum atomic E-state index is 13.3. The van der Waals surface area contributed by atoms with Crippen LogP contribution in [0.4, 0.5) is 16.2 Å². The second-order valence-corrected chi connectivity index (χ2v) is 7.60. The first-order chi connectivity index (χ1) is 15.5. The molecule has 1 aliphatic rings. The van der Waals surface area contributed by atoms with E-state index in [1.807, 2.05) is 60.7 Å². The first-order valence-corrected chi connectivity index (χ1v) is 10.3. The number of esters is 1. The number of amides is 2. The Kier molecular flexibility index (Phi) is 5.94. The highest BCUT2D eigenvalue weighted by Gasteiger charge is 2.33. The second-order valence-electron chi connectivity index (χ2n) is 7.60. The number of rotatable bonds is 5. The standard InChI is InChI=1S/C26H24N2O4/c1-17(2)31-24(18-10-4-3-5-11-18)25(29)32-23-16-19-12-6-8-14-21(19)28(26(27)30)22-15-9-7-13-20(22)23/h3-15,23-24H,1,16H2,2H3,(H2,27,30)/t23-,24+/m0/s1. The second kappa shape index (κ2) is 8.98. The van der Waals surface area contributed by atoms with Crippen LogP contribution in [0.3, 0.4) is 0 Å². The maximum absolute atomic E-state index is 13.3. The molecule has 0 fully saturated rings. The van der Waals surface area contributed by atoms with Crippen molar-refractivity contribution in [2.45, 2.75) is 25.6 Å². The number of benzene rings is 3. The van der Waals surface area contributed by atoms with Gasteiger partial charge in [-0.3, -0.25) is 4.90 Å². The van der Waals surface area contributed by atoms with E-state index in [0.717, 1.165) is 5.56 Å². The van der Waals surface area contributed by atoms with Crippen LogP contribution in [0.25, 0.3) is 0 Å². The molecule has 1 aliphatic heterocycles. The molecule has 162 valence electrons. The normalized spacial score (nSPS) is 15.5. The van der Waals surface area contributed by atoms with Gasteiger partial charge in [0.1, 0.15) is 6.10 Å². The Morgan fingerprint density at radius 1 is 0.969 bits per heavy atom. The number of primary amides is 1. The smallest absolute Gasteiger partial charge is 0.352 e. The van der Waals surface area contributed by atoms with Crippen LogP contribution in [-0.2, 0) is 20.7 Å². The van der Waals surface area contributed by atoms with Crippen LogP contribution in [0, 0.1) is 0 Å². The number of nitrogens with two attached hydrogens (primary N) is 1. The van der Waals surface area contributed by atoms with Crippen molar-refractivity contribution in [3.05, 3.63) is 108 Å². The molecule has 0 radical (unpaired) electrons. The third kappa shape index (κ3) is 4.21. The minimum absolute atomic E-state index is 0.386. The Balaban J connectivity index is 1.74. The van der Waals surface area contributed by atoms with Gasteiger partial charge in [0, 0.05) is 17.5 Å². The van der Waals surface area contributed by atoms with Gasteiger partial charge in [-0.05, 0) is 24.6 Å². The third-order valence-electron chi connectivity index (χ3n) is 5.28. The van der Waals surface area contributed by atoms with Crippen molar-refractivity contribution in [3.8, 4) is 0 Å². The van der Waals surface area contributed by atoms with Crippen LogP contribution in [0.15, 0.2) is 91.2 Å². The van der Waals surface area contributed by atoms with Crippen molar-refractivity contribution in [2.75, 3.05) is 4.90 Å². The number of allylic oxidation sites excluding steroid dienone is 1. The van der Waals surface area contributed by atoms with E-state index >= 15 is 0 Å². The van der Waals surface area contributed by atoms with E-state index in [2.05, 4.69) is 6.58 Å². The summed E-state index contributed by atoms with van der Waals surface area (Å²) < 4.78 is 11.8. The lowest BCUT2D eigenvalue weighted by Crippen LogP contribution is -2.32. The molecule has 2 N–H and O–H groups in total. The quantitative estimate of drug-likeness (QED) is 0.440. The topological polar surface area (TPSA) is 81.9 Å². The van der Waals surface area contributed by atoms with Crippen LogP contribution in [0.5, 0.6) is 0 Å². The molecule has 6 nitrogen and oxygen atoms in total. The Bertz CT molecular complexity index is 1160. The Hall–Kier alpha value is -4.06. The molecule has 3 aromatic rings. The maximum Gasteiger partial charge on any atom is 0.352 e. The molecule has 2 atom stereocenters. The zero-order valence-electron chi connectivity index (χ0n) is 17.7. The van der Waals surface area contributed by atoms with Crippen LogP contribution < -0.4 is 10.6 Å². The van der Waals surface area contributed by atoms with Crippen LogP contribution in [-0.4, -0.2) is 12.0 Å². The summed E-state index contributed by atoms with van der Waals surface area (Å²) >= 11 is 0. The van der Waals surface area contributed by atoms with E-state index in [0.29, 0.717) is 34.7 Å². The average Bonchev–Trinajstić information content (AvgIpc) is 2.92. The highest BCUT2D eigenvalue weighted by molar-refractivity contribution is 6.00. The molecule has 3 aromatic carbocycles. The van der Waals surface area contributed by atoms with E-state index in [1.165, 1.54) is 4.90 Å². The summed E-state index contributed by atoms with van der Waals surface area (Å²) in [5.74, 6) is -0.133. The molecule has 0 unspecified atom stereocenters. The number of carbonyl (C=O) groups is 2. The fourth-order valence-electron chi connectivity index (χ4n) is 3.93. The van der Waals surface area contributed by atoms with Gasteiger partial charge in [-0.25, -0.2) is 9.59 Å². The van der Waals surface area contributed by atoms with E-state index in [4.69, 9.17) is 15.2 Å². The molecule has 0 saturated heterocycles. The van der Waals surface area contributed by atoms with Gasteiger partial charge in [0.15, 0.2) is 0 Å². The number of ether oxygens (including phenoxy) is 2. The number of anilines is 2. The number of nitrogens with zero attached hydrogens (tertiary/aromatic N) is 1. The Morgan fingerprint density at radius 2 is 1.59 bits per heavy atom. The van der Waals surface area contributed by atoms with E-state index < -0.39 is 24.2 Å². The molecule has 32 heavy (non-hydrogen) atoms. The van der Waals surface area contributed by atoms with Gasteiger partial charge >= 0.3 is 12.0 Å². The molecule has 1 heterocycles. The molecule has 0 spiro atoms. The number of carbonyl (C=O) groups excluding carboxylic acids is 2. The highest BCUT2D eigenvalue weighted by Crippen LogP contribution is 2.42. The summed E-state index contributed by atoms with van der Waals surface area (Å²) in [6.07, 6.45) is -1.20. The number of urea groups is 1. The lowest BCUT2D eigenvalue weighted by Gasteiger charge is -2.24. The summed E-state index contributed by atoms with van der Waals surface area (Å²) in [6, 6.07) is 23.3. The molecule has 0 saturated carbocycles. The molecule has 2 amide bonds. The minimum Gasteiger partial charge on any atom is -0.479 e. The van der Waals surface area contributed by atoms with Crippen molar-refractivity contribution in [3.63, 3.8) is 0 Å². The summed E-state index contributed by atoms with van der Waals surface area (Å²) in [5, 5.41) is 0. The van der Waals surface area contributed by atoms with Gasteiger partial charge in [0.05, 0.1) is 17.1 Å². The molecule has 4 rings (SSSR count). The summed E-state index contributed by atoms with van der Waals surface area (Å²) in [4.78, 5) is 27.1. The van der Waals surface area contributed by atoms with Gasteiger partial charge in [0.25, 0.3) is 0 Å². The average molecular weight is 428 g/mol. The summed E-state index contributed by atoms with van der Waals surface area (Å²) in [6.45, 7) is 5.46. The predicted molar refractivity (Wildman–Crippen MR) is 122 cm³/mol. The first kappa shape index (κ1) is 21.2. The molecular formula is C26H24N2O4. The lowest BCUT2D eigenvalue weighted by atomic mass is 10.0. The van der Waals surface area contributed by atoms with Gasteiger partial charge in [-0.1, -0.05) is 73.3 Å². The third-order valence-corrected chi connectivity index (χ3v) is 5.28. The molecule has 0 aliphatic carbocycles. The number of hydrogen-bond acceptors (Lipinski definition) is 4. The summed E-state index contributed by atoms with van der Waals surface area (Å²) in [5.41, 5.74) is 9.20. The van der Waals surface area contributed by atoms with Crippen LogP contribution in [0.1, 0.15) is 35.8 Å². The predicted octanol–water partition coefficient (Wildman–Crippen LogP) is 5.34. The molecule has 0 aromatic heterocycles. The van der Waals surface area contributed by atoms with Crippen LogP contribution >= 0.6 is 0 Å². The minimum atomic E-state index is -0.952. The SMILES string of the molecule is C=C(C)O[C@@H](C(=O)O[C@H]1Cc2ccccc2N(C(N)=O)c2ccccc21)c1ccccc1. The lowest BCUT2D eigenvalue weighted by molar-refractivity contribution is -0.161. The molecule has 0 bridgehead atoms. The van der Waals surface area contributed by atoms with E-state index in [9.17, 15) is 9.59 Å². The van der Waals surface area contributed by atoms with Gasteiger partial charge in [-0.2, -0.15) is 0 Å². The Labute approximate surface area is 186 Å². The van der Waals surface area contributed by atoms with Crippen molar-refractivity contribution < 1.29 is 19.1 Å². The first-order valence-electron chi connectivity index (χ1n) is 10.3. The zero-order chi connectivity index (χ0) is 22.7. The summed E-state index contributed by atoms with van der Waals surface area (Å²) in [7, 11) is 0. The van der Waals surface area contributed by atoms with Crippen molar-refractivity contribution in [2.24, 2.45) is 5.73 Å². The number of para-hydroxylation sites is 2. The van der Waals surface area contributed by atoms with Crippen LogP contribution in [0.2, 0.25) is 0 Å². The molecule has 6 heteroatoms. The monoisotopic (exact) mass is 428 g/mol. The van der Waals surface area contributed by atoms with Crippen molar-refractivity contribution >= 4 is 23.4 Å². The zero-order valence-corrected chi connectivity index (χ0v) is 17.7. The Morgan fingerprint density at radius 3 is 2.28 bits per heavy atom. The fourth-order valence-corrected chi connectivity index (χ4v) is 3.93. The number of hydrogen-bond donors (Lipinski definition) is 1. The van der Waals surface area contributed by atoms with E-state index in [-0.39, 0.29) is 0 Å².